The molecule has 0 spiro atoms. The molecule has 0 bridgehead atoms. The first-order valence-corrected chi connectivity index (χ1v) is 10.5. The molecule has 2 aromatic carbocycles. The van der Waals surface area contributed by atoms with Crippen LogP contribution in [-0.2, 0) is 22.3 Å². The highest BCUT2D eigenvalue weighted by atomic mass is 35.5. The van der Waals surface area contributed by atoms with Crippen molar-refractivity contribution in [3.8, 4) is 0 Å². The van der Waals surface area contributed by atoms with Gasteiger partial charge in [0, 0.05) is 43.2 Å². The number of benzene rings is 2. The van der Waals surface area contributed by atoms with E-state index in [0.29, 0.717) is 25.0 Å². The Hall–Kier alpha value is -1.40. The molecular weight excluding hydrogens is 356 g/mol. The molecular formula is C19H21ClN2O2S. The van der Waals surface area contributed by atoms with Crippen LogP contribution in [0.4, 0.5) is 0 Å². The highest BCUT2D eigenvalue weighted by Crippen LogP contribution is 2.35. The van der Waals surface area contributed by atoms with Gasteiger partial charge in [-0.15, -0.1) is 0 Å². The molecule has 2 aliphatic rings. The highest BCUT2D eigenvalue weighted by Gasteiger charge is 2.48. The second-order valence-corrected chi connectivity index (χ2v) is 9.35. The van der Waals surface area contributed by atoms with Crippen LogP contribution in [0.2, 0.25) is 5.02 Å². The van der Waals surface area contributed by atoms with Gasteiger partial charge in [-0.25, -0.2) is 8.42 Å². The molecule has 0 aliphatic carbocycles. The lowest BCUT2D eigenvalue weighted by atomic mass is 9.91. The Morgan fingerprint density at radius 3 is 2.48 bits per heavy atom. The molecule has 132 valence electrons. The lowest BCUT2D eigenvalue weighted by Crippen LogP contribution is -2.54. The average Bonchev–Trinajstić information content (AvgIpc) is 2.91. The molecule has 2 atom stereocenters. The molecule has 0 amide bonds. The number of hydrogen-bond acceptors (Lipinski definition) is 3. The van der Waals surface area contributed by atoms with E-state index in [1.807, 2.05) is 48.5 Å². The summed E-state index contributed by atoms with van der Waals surface area (Å²) in [6.07, 6.45) is 0. The molecule has 2 fully saturated rings. The normalized spacial score (nSPS) is 24.0. The summed E-state index contributed by atoms with van der Waals surface area (Å²) in [5.41, 5.74) is 2.02. The quantitative estimate of drug-likeness (QED) is 0.805. The molecule has 4 nitrogen and oxygen atoms in total. The van der Waals surface area contributed by atoms with E-state index in [1.165, 1.54) is 5.56 Å². The van der Waals surface area contributed by atoms with E-state index in [9.17, 15) is 8.42 Å². The minimum Gasteiger partial charge on any atom is -0.294 e. The molecule has 2 heterocycles. The maximum absolute atomic E-state index is 12.7. The Labute approximate surface area is 154 Å². The third-order valence-corrected chi connectivity index (χ3v) is 7.19. The first kappa shape index (κ1) is 17.0. The van der Waals surface area contributed by atoms with Crippen molar-refractivity contribution in [3.05, 3.63) is 70.7 Å². The van der Waals surface area contributed by atoms with Crippen LogP contribution in [-0.4, -0.2) is 43.3 Å². The molecule has 0 unspecified atom stereocenters. The highest BCUT2D eigenvalue weighted by molar-refractivity contribution is 7.88. The Morgan fingerprint density at radius 2 is 1.72 bits per heavy atom. The van der Waals surface area contributed by atoms with E-state index in [1.54, 1.807) is 4.31 Å². The van der Waals surface area contributed by atoms with E-state index < -0.39 is 10.0 Å². The van der Waals surface area contributed by atoms with Crippen LogP contribution in [0.15, 0.2) is 54.6 Å². The zero-order valence-corrected chi connectivity index (χ0v) is 15.5. The van der Waals surface area contributed by atoms with Gasteiger partial charge in [0.1, 0.15) is 0 Å². The van der Waals surface area contributed by atoms with Crippen molar-refractivity contribution in [2.24, 2.45) is 5.92 Å². The number of halogens is 1. The first-order valence-electron chi connectivity index (χ1n) is 8.51. The zero-order chi connectivity index (χ0) is 17.4. The van der Waals surface area contributed by atoms with Crippen molar-refractivity contribution in [2.75, 3.05) is 19.6 Å². The van der Waals surface area contributed by atoms with Crippen molar-refractivity contribution in [2.45, 2.75) is 18.3 Å². The second kappa shape index (κ2) is 6.72. The van der Waals surface area contributed by atoms with Gasteiger partial charge in [-0.1, -0.05) is 54.1 Å². The molecule has 2 saturated heterocycles. The first-order chi connectivity index (χ1) is 12.0. The van der Waals surface area contributed by atoms with Gasteiger partial charge in [0.15, 0.2) is 0 Å². The summed E-state index contributed by atoms with van der Waals surface area (Å²) in [6, 6.07) is 17.6. The number of sulfonamides is 1. The molecule has 6 heteroatoms. The molecule has 0 saturated carbocycles. The summed E-state index contributed by atoms with van der Waals surface area (Å²) in [5.74, 6) is 0.534. The molecule has 2 aliphatic heterocycles. The summed E-state index contributed by atoms with van der Waals surface area (Å²) in [5, 5.41) is 0.744. The Balaban J connectivity index is 1.40. The van der Waals surface area contributed by atoms with Gasteiger partial charge in [0.05, 0.1) is 5.75 Å². The standard InChI is InChI=1S/C19H21ClN2O2S/c20-18-8-4-7-16(9-18)10-21-11-17-12-22(13-19(17)21)25(23,24)14-15-5-2-1-3-6-15/h1-9,17,19H,10-14H2/t17-,19-/m1/s1. The summed E-state index contributed by atoms with van der Waals surface area (Å²) in [4.78, 5) is 2.36. The smallest absolute Gasteiger partial charge is 0.218 e. The summed E-state index contributed by atoms with van der Waals surface area (Å²) < 4.78 is 27.1. The molecule has 4 rings (SSSR count). The number of hydrogen-bond donors (Lipinski definition) is 0. The van der Waals surface area contributed by atoms with Crippen LogP contribution in [0.5, 0.6) is 0 Å². The van der Waals surface area contributed by atoms with E-state index in [-0.39, 0.29) is 5.75 Å². The van der Waals surface area contributed by atoms with Crippen molar-refractivity contribution in [1.82, 2.24) is 9.21 Å². The Bertz CT molecular complexity index is 857. The molecule has 0 N–H and O–H groups in total. The number of rotatable bonds is 5. The zero-order valence-electron chi connectivity index (χ0n) is 13.9. The van der Waals surface area contributed by atoms with Crippen LogP contribution in [0.3, 0.4) is 0 Å². The fourth-order valence-corrected chi connectivity index (χ4v) is 5.67. The van der Waals surface area contributed by atoms with E-state index in [4.69, 9.17) is 11.6 Å². The van der Waals surface area contributed by atoms with E-state index in [2.05, 4.69) is 11.0 Å². The predicted octanol–water partition coefficient (Wildman–Crippen LogP) is 2.99. The van der Waals surface area contributed by atoms with E-state index >= 15 is 0 Å². The third-order valence-electron chi connectivity index (χ3n) is 5.17. The lowest BCUT2D eigenvalue weighted by molar-refractivity contribution is 0.0435. The minimum atomic E-state index is -3.26. The maximum atomic E-state index is 12.7. The number of fused-ring (bicyclic) bond motifs is 1. The second-order valence-electron chi connectivity index (χ2n) is 6.95. The Kier molecular flexibility index (Phi) is 4.58. The van der Waals surface area contributed by atoms with Crippen molar-refractivity contribution in [1.29, 1.82) is 0 Å². The lowest BCUT2D eigenvalue weighted by Gasteiger charge is -2.43. The van der Waals surface area contributed by atoms with Crippen molar-refractivity contribution in [3.63, 3.8) is 0 Å². The largest absolute Gasteiger partial charge is 0.294 e. The Morgan fingerprint density at radius 1 is 0.960 bits per heavy atom. The molecule has 2 aromatic rings. The monoisotopic (exact) mass is 376 g/mol. The van der Waals surface area contributed by atoms with Gasteiger partial charge in [-0.2, -0.15) is 4.31 Å². The molecule has 25 heavy (non-hydrogen) atoms. The summed E-state index contributed by atoms with van der Waals surface area (Å²) in [6.45, 7) is 3.02. The van der Waals surface area contributed by atoms with Gasteiger partial charge >= 0.3 is 0 Å². The fourth-order valence-electron chi connectivity index (χ4n) is 3.86. The minimum absolute atomic E-state index is 0.0849. The third kappa shape index (κ3) is 3.60. The molecule has 0 radical (unpaired) electrons. The predicted molar refractivity (Wildman–Crippen MR) is 99.8 cm³/mol. The number of nitrogens with zero attached hydrogens (tertiary/aromatic N) is 2. The molecule has 0 aromatic heterocycles. The van der Waals surface area contributed by atoms with E-state index in [0.717, 1.165) is 23.7 Å². The van der Waals surface area contributed by atoms with Crippen molar-refractivity contribution < 1.29 is 8.42 Å². The van der Waals surface area contributed by atoms with Gasteiger partial charge in [0.25, 0.3) is 0 Å². The van der Waals surface area contributed by atoms with Gasteiger partial charge in [-0.05, 0) is 23.3 Å². The van der Waals surface area contributed by atoms with Gasteiger partial charge in [-0.3, -0.25) is 4.90 Å². The van der Waals surface area contributed by atoms with Crippen molar-refractivity contribution >= 4 is 21.6 Å². The van der Waals surface area contributed by atoms with Crippen LogP contribution in [0.25, 0.3) is 0 Å². The SMILES string of the molecule is O=S(=O)(Cc1ccccc1)N1C[C@H]2CN(Cc3cccc(Cl)c3)[C@@H]2C1. The maximum Gasteiger partial charge on any atom is 0.218 e. The fraction of sp³-hybridized carbons (Fsp3) is 0.368. The van der Waals surface area contributed by atoms with Crippen LogP contribution < -0.4 is 0 Å². The number of likely N-dealkylation sites (tertiary alicyclic amines) is 1. The van der Waals surface area contributed by atoms with Gasteiger partial charge < -0.3 is 0 Å². The van der Waals surface area contributed by atoms with Gasteiger partial charge in [0.2, 0.25) is 10.0 Å². The van der Waals surface area contributed by atoms with Crippen LogP contribution in [0.1, 0.15) is 11.1 Å². The van der Waals surface area contributed by atoms with Crippen LogP contribution in [0, 0.1) is 5.92 Å². The summed E-state index contributed by atoms with van der Waals surface area (Å²) in [7, 11) is -3.26. The van der Waals surface area contributed by atoms with Crippen LogP contribution >= 0.6 is 11.6 Å². The average molecular weight is 377 g/mol. The summed E-state index contributed by atoms with van der Waals surface area (Å²) >= 11 is 6.05. The topological polar surface area (TPSA) is 40.6 Å².